The molecule has 23 heavy (non-hydrogen) atoms. The van der Waals surface area contributed by atoms with E-state index in [0.717, 1.165) is 16.9 Å². The highest BCUT2D eigenvalue weighted by Crippen LogP contribution is 2.28. The molecule has 3 aromatic rings. The second-order valence-corrected chi connectivity index (χ2v) is 6.08. The number of hydrogen-bond donors (Lipinski definition) is 0. The summed E-state index contributed by atoms with van der Waals surface area (Å²) in [6.07, 6.45) is 4.34. The number of aromatic nitrogens is 2. The fraction of sp³-hybridized carbons (Fsp3) is 0.167. The minimum Gasteiger partial charge on any atom is -0.340 e. The minimum atomic E-state index is -0.0424. The predicted molar refractivity (Wildman–Crippen MR) is 92.5 cm³/mol. The molecule has 2 heterocycles. The largest absolute Gasteiger partial charge is 0.340 e. The van der Waals surface area contributed by atoms with E-state index in [0.29, 0.717) is 12.2 Å². The number of likely N-dealkylation sites (N-methyl/N-ethyl adjacent to an activating group) is 1. The standard InChI is InChI=1S/C18H17N3OS/c1-21(12-9-14-7-10-19-11-8-14)18(22)16-17(23-13-20-16)15-5-3-2-4-6-15/h2-8,10-11,13H,9,12H2,1H3. The first-order chi connectivity index (χ1) is 11.3. The lowest BCUT2D eigenvalue weighted by Gasteiger charge is -2.16. The van der Waals surface area contributed by atoms with Gasteiger partial charge >= 0.3 is 0 Å². The third-order valence-electron chi connectivity index (χ3n) is 3.64. The Labute approximate surface area is 139 Å². The van der Waals surface area contributed by atoms with Crippen molar-refractivity contribution in [3.63, 3.8) is 0 Å². The smallest absolute Gasteiger partial charge is 0.273 e. The summed E-state index contributed by atoms with van der Waals surface area (Å²) in [5.74, 6) is -0.0424. The zero-order valence-electron chi connectivity index (χ0n) is 12.8. The van der Waals surface area contributed by atoms with Crippen LogP contribution in [0.4, 0.5) is 0 Å². The molecule has 0 saturated carbocycles. The van der Waals surface area contributed by atoms with Gasteiger partial charge in [0.2, 0.25) is 0 Å². The second kappa shape index (κ2) is 7.15. The first kappa shape index (κ1) is 15.4. The predicted octanol–water partition coefficient (Wildman–Crippen LogP) is 3.52. The van der Waals surface area contributed by atoms with Gasteiger partial charge < -0.3 is 4.90 Å². The lowest BCUT2D eigenvalue weighted by molar-refractivity contribution is 0.0792. The Bertz CT molecular complexity index is 771. The lowest BCUT2D eigenvalue weighted by Crippen LogP contribution is -2.29. The molecular formula is C18H17N3OS. The highest BCUT2D eigenvalue weighted by Gasteiger charge is 2.19. The molecule has 116 valence electrons. The van der Waals surface area contributed by atoms with Crippen LogP contribution in [0.5, 0.6) is 0 Å². The molecule has 0 aliphatic carbocycles. The summed E-state index contributed by atoms with van der Waals surface area (Å²) in [6, 6.07) is 13.8. The molecule has 1 aromatic carbocycles. The summed E-state index contributed by atoms with van der Waals surface area (Å²) in [6.45, 7) is 0.647. The Morgan fingerprint density at radius 3 is 2.61 bits per heavy atom. The van der Waals surface area contributed by atoms with Crippen LogP contribution in [0, 0.1) is 0 Å². The topological polar surface area (TPSA) is 46.1 Å². The van der Waals surface area contributed by atoms with Crippen LogP contribution in [-0.4, -0.2) is 34.4 Å². The van der Waals surface area contributed by atoms with Crippen LogP contribution in [-0.2, 0) is 6.42 Å². The van der Waals surface area contributed by atoms with E-state index in [9.17, 15) is 4.79 Å². The molecule has 0 bridgehead atoms. The summed E-state index contributed by atoms with van der Waals surface area (Å²) in [5.41, 5.74) is 4.45. The van der Waals surface area contributed by atoms with Gasteiger partial charge in [0.25, 0.3) is 5.91 Å². The quantitative estimate of drug-likeness (QED) is 0.722. The molecule has 0 N–H and O–H groups in total. The molecule has 4 nitrogen and oxygen atoms in total. The van der Waals surface area contributed by atoms with E-state index in [4.69, 9.17) is 0 Å². The number of amides is 1. The average molecular weight is 323 g/mol. The van der Waals surface area contributed by atoms with Gasteiger partial charge in [-0.05, 0) is 29.7 Å². The molecular weight excluding hydrogens is 306 g/mol. The Morgan fingerprint density at radius 1 is 1.13 bits per heavy atom. The van der Waals surface area contributed by atoms with E-state index >= 15 is 0 Å². The maximum absolute atomic E-state index is 12.7. The van der Waals surface area contributed by atoms with Crippen molar-refractivity contribution in [1.29, 1.82) is 0 Å². The van der Waals surface area contributed by atoms with Crippen molar-refractivity contribution in [3.8, 4) is 10.4 Å². The summed E-state index contributed by atoms with van der Waals surface area (Å²) in [5, 5.41) is 0. The Kier molecular flexibility index (Phi) is 4.78. The van der Waals surface area contributed by atoms with Crippen molar-refractivity contribution < 1.29 is 4.79 Å². The first-order valence-electron chi connectivity index (χ1n) is 7.39. The van der Waals surface area contributed by atoms with Gasteiger partial charge in [0.05, 0.1) is 10.4 Å². The number of pyridine rings is 1. The van der Waals surface area contributed by atoms with Gasteiger partial charge in [0.1, 0.15) is 5.69 Å². The van der Waals surface area contributed by atoms with Crippen LogP contribution in [0.1, 0.15) is 16.1 Å². The molecule has 0 spiro atoms. The Morgan fingerprint density at radius 2 is 1.87 bits per heavy atom. The minimum absolute atomic E-state index is 0.0424. The van der Waals surface area contributed by atoms with Gasteiger partial charge in [0, 0.05) is 26.0 Å². The van der Waals surface area contributed by atoms with Crippen molar-refractivity contribution in [1.82, 2.24) is 14.9 Å². The highest BCUT2D eigenvalue weighted by atomic mass is 32.1. The van der Waals surface area contributed by atoms with E-state index in [1.807, 2.05) is 49.5 Å². The number of carbonyl (C=O) groups is 1. The molecule has 0 atom stereocenters. The van der Waals surface area contributed by atoms with E-state index in [2.05, 4.69) is 9.97 Å². The van der Waals surface area contributed by atoms with Crippen molar-refractivity contribution in [2.75, 3.05) is 13.6 Å². The summed E-state index contributed by atoms with van der Waals surface area (Å²) in [4.78, 5) is 23.6. The van der Waals surface area contributed by atoms with Crippen LogP contribution in [0.25, 0.3) is 10.4 Å². The average Bonchev–Trinajstić information content (AvgIpc) is 3.10. The molecule has 0 fully saturated rings. The molecule has 0 saturated heterocycles. The first-order valence-corrected chi connectivity index (χ1v) is 8.27. The van der Waals surface area contributed by atoms with Gasteiger partial charge in [-0.2, -0.15) is 0 Å². The highest BCUT2D eigenvalue weighted by molar-refractivity contribution is 7.13. The van der Waals surface area contributed by atoms with Crippen molar-refractivity contribution >= 4 is 17.2 Å². The molecule has 0 unspecified atom stereocenters. The zero-order valence-corrected chi connectivity index (χ0v) is 13.7. The van der Waals surface area contributed by atoms with Crippen LogP contribution in [0.3, 0.4) is 0 Å². The third kappa shape index (κ3) is 3.63. The van der Waals surface area contributed by atoms with Crippen LogP contribution in [0.15, 0.2) is 60.4 Å². The zero-order chi connectivity index (χ0) is 16.1. The van der Waals surface area contributed by atoms with E-state index in [-0.39, 0.29) is 5.91 Å². The van der Waals surface area contributed by atoms with Gasteiger partial charge in [-0.3, -0.25) is 9.78 Å². The summed E-state index contributed by atoms with van der Waals surface area (Å²) in [7, 11) is 1.82. The normalized spacial score (nSPS) is 10.5. The Hall–Kier alpha value is -2.53. The number of hydrogen-bond acceptors (Lipinski definition) is 4. The molecule has 2 aromatic heterocycles. The molecule has 0 radical (unpaired) electrons. The number of benzene rings is 1. The molecule has 5 heteroatoms. The third-order valence-corrected chi connectivity index (χ3v) is 4.51. The van der Waals surface area contributed by atoms with Gasteiger partial charge in [0.15, 0.2) is 0 Å². The summed E-state index contributed by atoms with van der Waals surface area (Å²) < 4.78 is 0. The SMILES string of the molecule is CN(CCc1ccncc1)C(=O)c1ncsc1-c1ccccc1. The van der Waals surface area contributed by atoms with E-state index in [1.54, 1.807) is 22.8 Å². The number of thiazole rings is 1. The Balaban J connectivity index is 1.72. The fourth-order valence-electron chi connectivity index (χ4n) is 2.32. The summed E-state index contributed by atoms with van der Waals surface area (Å²) >= 11 is 1.50. The maximum Gasteiger partial charge on any atom is 0.273 e. The van der Waals surface area contributed by atoms with Crippen molar-refractivity contribution in [3.05, 3.63) is 71.6 Å². The van der Waals surface area contributed by atoms with E-state index < -0.39 is 0 Å². The number of nitrogens with zero attached hydrogens (tertiary/aromatic N) is 3. The van der Waals surface area contributed by atoms with Gasteiger partial charge in [-0.15, -0.1) is 11.3 Å². The fourth-order valence-corrected chi connectivity index (χ4v) is 3.11. The van der Waals surface area contributed by atoms with E-state index in [1.165, 1.54) is 16.9 Å². The number of carbonyl (C=O) groups excluding carboxylic acids is 1. The molecule has 0 aliphatic rings. The molecule has 3 rings (SSSR count). The lowest BCUT2D eigenvalue weighted by atomic mass is 10.1. The van der Waals surface area contributed by atoms with Gasteiger partial charge in [-0.1, -0.05) is 30.3 Å². The molecule has 1 amide bonds. The van der Waals surface area contributed by atoms with Crippen LogP contribution < -0.4 is 0 Å². The molecule has 0 aliphatic heterocycles. The van der Waals surface area contributed by atoms with Crippen LogP contribution in [0.2, 0.25) is 0 Å². The van der Waals surface area contributed by atoms with Crippen molar-refractivity contribution in [2.24, 2.45) is 0 Å². The van der Waals surface area contributed by atoms with Crippen molar-refractivity contribution in [2.45, 2.75) is 6.42 Å². The maximum atomic E-state index is 12.7. The number of rotatable bonds is 5. The van der Waals surface area contributed by atoms with Crippen LogP contribution >= 0.6 is 11.3 Å². The van der Waals surface area contributed by atoms with Gasteiger partial charge in [-0.25, -0.2) is 4.98 Å². The second-order valence-electron chi connectivity index (χ2n) is 5.23. The monoisotopic (exact) mass is 323 g/mol.